The van der Waals surface area contributed by atoms with E-state index in [0.29, 0.717) is 24.5 Å². The van der Waals surface area contributed by atoms with Crippen LogP contribution in [0.2, 0.25) is 0 Å². The first kappa shape index (κ1) is 11.4. The molecule has 5 heteroatoms. The van der Waals surface area contributed by atoms with E-state index in [4.69, 9.17) is 10.3 Å². The summed E-state index contributed by atoms with van der Waals surface area (Å²) in [5, 5.41) is 3.99. The molecular weight excluding hydrogens is 204 g/mol. The van der Waals surface area contributed by atoms with Crippen LogP contribution in [0.25, 0.3) is 0 Å². The maximum Gasteiger partial charge on any atom is 0.324 e. The third kappa shape index (κ3) is 2.19. The zero-order chi connectivity index (χ0) is 11.5. The molecule has 1 atom stereocenters. The number of rotatable bonds is 3. The number of anilines is 1. The minimum absolute atomic E-state index is 0.304. The van der Waals surface area contributed by atoms with Gasteiger partial charge in [-0.3, -0.25) is 0 Å². The van der Waals surface area contributed by atoms with Crippen molar-refractivity contribution in [1.82, 2.24) is 10.1 Å². The third-order valence-corrected chi connectivity index (χ3v) is 3.09. The molecular formula is C11H20N4O. The van der Waals surface area contributed by atoms with Gasteiger partial charge in [0.25, 0.3) is 0 Å². The fourth-order valence-electron chi connectivity index (χ4n) is 2.08. The van der Waals surface area contributed by atoms with Crippen LogP contribution in [0, 0.1) is 0 Å². The molecule has 2 N–H and O–H groups in total. The van der Waals surface area contributed by atoms with Crippen molar-refractivity contribution >= 4 is 6.01 Å². The van der Waals surface area contributed by atoms with Crippen molar-refractivity contribution in [2.45, 2.75) is 45.1 Å². The second kappa shape index (κ2) is 4.82. The highest BCUT2D eigenvalue weighted by molar-refractivity contribution is 5.28. The fourth-order valence-corrected chi connectivity index (χ4v) is 2.08. The summed E-state index contributed by atoms with van der Waals surface area (Å²) in [5.41, 5.74) is 5.77. The van der Waals surface area contributed by atoms with Gasteiger partial charge in [0.05, 0.1) is 0 Å². The summed E-state index contributed by atoms with van der Waals surface area (Å²) in [4.78, 5) is 6.58. The lowest BCUT2D eigenvalue weighted by molar-refractivity contribution is 0.369. The number of aromatic nitrogens is 2. The molecule has 1 saturated heterocycles. The van der Waals surface area contributed by atoms with Gasteiger partial charge in [0.1, 0.15) is 0 Å². The van der Waals surface area contributed by atoms with Crippen LogP contribution in [-0.4, -0.2) is 29.3 Å². The molecule has 1 aromatic heterocycles. The number of hydrogen-bond acceptors (Lipinski definition) is 5. The molecule has 0 bridgehead atoms. The van der Waals surface area contributed by atoms with Crippen molar-refractivity contribution in [3.05, 3.63) is 5.82 Å². The maximum atomic E-state index is 5.77. The lowest BCUT2D eigenvalue weighted by Gasteiger charge is -2.33. The Labute approximate surface area is 96.0 Å². The van der Waals surface area contributed by atoms with E-state index in [1.165, 1.54) is 12.8 Å². The Bertz CT molecular complexity index is 336. The molecule has 0 aromatic carbocycles. The van der Waals surface area contributed by atoms with Gasteiger partial charge in [-0.2, -0.15) is 4.98 Å². The van der Waals surface area contributed by atoms with Crippen molar-refractivity contribution in [2.24, 2.45) is 5.73 Å². The van der Waals surface area contributed by atoms with E-state index in [2.05, 4.69) is 28.9 Å². The van der Waals surface area contributed by atoms with Gasteiger partial charge in [-0.15, -0.1) is 0 Å². The van der Waals surface area contributed by atoms with Crippen LogP contribution in [-0.2, 0) is 0 Å². The lowest BCUT2D eigenvalue weighted by atomic mass is 10.0. The van der Waals surface area contributed by atoms with Crippen LogP contribution in [0.4, 0.5) is 6.01 Å². The minimum Gasteiger partial charge on any atom is -0.328 e. The first-order valence-electron chi connectivity index (χ1n) is 6.02. The molecule has 1 aromatic rings. The fraction of sp³-hybridized carbons (Fsp3) is 0.818. The molecule has 1 aliphatic heterocycles. The smallest absolute Gasteiger partial charge is 0.324 e. The van der Waals surface area contributed by atoms with E-state index >= 15 is 0 Å². The Morgan fingerprint density at radius 3 is 2.94 bits per heavy atom. The Hall–Kier alpha value is -1.10. The molecule has 1 fully saturated rings. The highest BCUT2D eigenvalue weighted by Gasteiger charge is 2.25. The van der Waals surface area contributed by atoms with E-state index in [-0.39, 0.29) is 0 Å². The molecule has 90 valence electrons. The molecule has 2 rings (SSSR count). The van der Waals surface area contributed by atoms with Gasteiger partial charge in [-0.25, -0.2) is 0 Å². The average Bonchev–Trinajstić information content (AvgIpc) is 2.78. The highest BCUT2D eigenvalue weighted by Crippen LogP contribution is 2.24. The molecule has 2 heterocycles. The average molecular weight is 224 g/mol. The molecule has 5 nitrogen and oxygen atoms in total. The van der Waals surface area contributed by atoms with Crippen LogP contribution in [0.1, 0.15) is 44.9 Å². The summed E-state index contributed by atoms with van der Waals surface area (Å²) in [7, 11) is 0. The Kier molecular flexibility index (Phi) is 3.43. The van der Waals surface area contributed by atoms with Crippen molar-refractivity contribution in [2.75, 3.05) is 18.0 Å². The van der Waals surface area contributed by atoms with Gasteiger partial charge in [-0.05, 0) is 19.3 Å². The number of hydrogen-bond donors (Lipinski definition) is 1. The van der Waals surface area contributed by atoms with Crippen LogP contribution in [0.3, 0.4) is 0 Å². The zero-order valence-corrected chi connectivity index (χ0v) is 10.0. The Morgan fingerprint density at radius 1 is 1.50 bits per heavy atom. The summed E-state index contributed by atoms with van der Waals surface area (Å²) < 4.78 is 5.31. The van der Waals surface area contributed by atoms with Crippen molar-refractivity contribution in [1.29, 1.82) is 0 Å². The molecule has 0 aliphatic carbocycles. The van der Waals surface area contributed by atoms with Gasteiger partial charge in [-0.1, -0.05) is 19.0 Å². The van der Waals surface area contributed by atoms with Crippen LogP contribution >= 0.6 is 0 Å². The molecule has 0 saturated carbocycles. The van der Waals surface area contributed by atoms with Crippen LogP contribution < -0.4 is 10.6 Å². The summed E-state index contributed by atoms with van der Waals surface area (Å²) in [5.74, 6) is 1.08. The normalized spacial score (nSPS) is 21.8. The van der Waals surface area contributed by atoms with Gasteiger partial charge in [0, 0.05) is 25.0 Å². The Morgan fingerprint density at radius 2 is 2.31 bits per heavy atom. The topological polar surface area (TPSA) is 68.2 Å². The van der Waals surface area contributed by atoms with Gasteiger partial charge in [0.15, 0.2) is 5.82 Å². The summed E-state index contributed by atoms with van der Waals surface area (Å²) >= 11 is 0. The summed E-state index contributed by atoms with van der Waals surface area (Å²) in [6, 6.07) is 0.994. The zero-order valence-electron chi connectivity index (χ0n) is 10.0. The van der Waals surface area contributed by atoms with E-state index < -0.39 is 0 Å². The summed E-state index contributed by atoms with van der Waals surface area (Å²) in [6.45, 7) is 5.75. The van der Waals surface area contributed by atoms with E-state index in [9.17, 15) is 0 Å². The quantitative estimate of drug-likeness (QED) is 0.842. The minimum atomic E-state index is 0.304. The SMILES string of the molecule is CC(C)c1noc(N2CCCCC2CN)n1. The first-order valence-corrected chi connectivity index (χ1v) is 6.02. The molecule has 0 spiro atoms. The van der Waals surface area contributed by atoms with Crippen molar-refractivity contribution in [3.8, 4) is 0 Å². The molecule has 1 aliphatic rings. The molecule has 1 unspecified atom stereocenters. The number of nitrogens with two attached hydrogens (primary N) is 1. The third-order valence-electron chi connectivity index (χ3n) is 3.09. The number of nitrogens with zero attached hydrogens (tertiary/aromatic N) is 3. The monoisotopic (exact) mass is 224 g/mol. The van der Waals surface area contributed by atoms with E-state index in [1.807, 2.05) is 0 Å². The lowest BCUT2D eigenvalue weighted by Crippen LogP contribution is -2.44. The second-order valence-corrected chi connectivity index (χ2v) is 4.67. The van der Waals surface area contributed by atoms with Gasteiger partial charge < -0.3 is 15.2 Å². The molecule has 0 amide bonds. The molecule has 16 heavy (non-hydrogen) atoms. The highest BCUT2D eigenvalue weighted by atomic mass is 16.5. The predicted octanol–water partition coefficient (Wildman–Crippen LogP) is 1.51. The van der Waals surface area contributed by atoms with Crippen LogP contribution in [0.15, 0.2) is 4.52 Å². The maximum absolute atomic E-state index is 5.77. The first-order chi connectivity index (χ1) is 7.72. The number of piperidine rings is 1. The standard InChI is InChI=1S/C11H20N4O/c1-8(2)10-13-11(16-14-10)15-6-4-3-5-9(15)7-12/h8-9H,3-7,12H2,1-2H3. The summed E-state index contributed by atoms with van der Waals surface area (Å²) in [6.07, 6.45) is 3.54. The van der Waals surface area contributed by atoms with Crippen molar-refractivity contribution in [3.63, 3.8) is 0 Å². The molecule has 0 radical (unpaired) electrons. The van der Waals surface area contributed by atoms with Gasteiger partial charge >= 0.3 is 6.01 Å². The van der Waals surface area contributed by atoms with E-state index in [1.54, 1.807) is 0 Å². The van der Waals surface area contributed by atoms with Crippen molar-refractivity contribution < 1.29 is 4.52 Å². The second-order valence-electron chi connectivity index (χ2n) is 4.67. The van der Waals surface area contributed by atoms with Crippen LogP contribution in [0.5, 0.6) is 0 Å². The predicted molar refractivity (Wildman–Crippen MR) is 62.4 cm³/mol. The van der Waals surface area contributed by atoms with E-state index in [0.717, 1.165) is 18.8 Å². The largest absolute Gasteiger partial charge is 0.328 e. The Balaban J connectivity index is 2.14. The van der Waals surface area contributed by atoms with Gasteiger partial charge in [0.2, 0.25) is 0 Å².